The molecule has 4 heteroatoms. The highest BCUT2D eigenvalue weighted by molar-refractivity contribution is 5.19. The first-order valence-electron chi connectivity index (χ1n) is 7.06. The molecule has 0 saturated carbocycles. The van der Waals surface area contributed by atoms with E-state index in [0.717, 1.165) is 36.6 Å². The fourth-order valence-electron chi connectivity index (χ4n) is 2.71. The smallest absolute Gasteiger partial charge is 0.134 e. The van der Waals surface area contributed by atoms with Crippen LogP contribution in [0.15, 0.2) is 30.3 Å². The highest BCUT2D eigenvalue weighted by atomic mass is 15.3. The Balaban J connectivity index is 1.78. The van der Waals surface area contributed by atoms with Crippen molar-refractivity contribution in [1.29, 1.82) is 0 Å². The molecule has 1 aliphatic rings. The van der Waals surface area contributed by atoms with Gasteiger partial charge in [0.05, 0.1) is 0 Å². The Morgan fingerprint density at radius 2 is 1.95 bits per heavy atom. The summed E-state index contributed by atoms with van der Waals surface area (Å²) in [6.45, 7) is 1.04. The van der Waals surface area contributed by atoms with Crippen LogP contribution in [0.5, 0.6) is 0 Å². The normalized spacial score (nSPS) is 16.7. The average molecular weight is 256 g/mol. The SMILES string of the molecule is NC(Cc1nnc2n1CCCCC2)c1ccccc1. The summed E-state index contributed by atoms with van der Waals surface area (Å²) in [6, 6.07) is 10.2. The van der Waals surface area contributed by atoms with Crippen LogP contribution in [0.1, 0.15) is 42.5 Å². The predicted molar refractivity (Wildman–Crippen MR) is 74.7 cm³/mol. The Labute approximate surface area is 113 Å². The lowest BCUT2D eigenvalue weighted by molar-refractivity contribution is 0.580. The van der Waals surface area contributed by atoms with Crippen LogP contribution in [0.3, 0.4) is 0 Å². The number of hydrogen-bond donors (Lipinski definition) is 1. The first-order valence-corrected chi connectivity index (χ1v) is 7.06. The first-order chi connectivity index (χ1) is 9.34. The second kappa shape index (κ2) is 5.53. The van der Waals surface area contributed by atoms with E-state index in [0.29, 0.717) is 0 Å². The average Bonchev–Trinajstić information content (AvgIpc) is 2.68. The number of aryl methyl sites for hydroxylation is 1. The third-order valence-corrected chi connectivity index (χ3v) is 3.82. The van der Waals surface area contributed by atoms with E-state index in [1.165, 1.54) is 19.3 Å². The van der Waals surface area contributed by atoms with E-state index in [9.17, 15) is 0 Å². The molecule has 100 valence electrons. The lowest BCUT2D eigenvalue weighted by Crippen LogP contribution is -2.17. The molecule has 0 spiro atoms. The largest absolute Gasteiger partial charge is 0.324 e. The van der Waals surface area contributed by atoms with Gasteiger partial charge in [0.15, 0.2) is 0 Å². The van der Waals surface area contributed by atoms with Crippen molar-refractivity contribution in [3.63, 3.8) is 0 Å². The van der Waals surface area contributed by atoms with E-state index in [1.807, 2.05) is 18.2 Å². The van der Waals surface area contributed by atoms with E-state index in [2.05, 4.69) is 26.9 Å². The van der Waals surface area contributed by atoms with Crippen LogP contribution in [0.2, 0.25) is 0 Å². The Bertz CT molecular complexity index is 532. The molecular formula is C15H20N4. The molecule has 0 radical (unpaired) electrons. The minimum Gasteiger partial charge on any atom is -0.324 e. The summed E-state index contributed by atoms with van der Waals surface area (Å²) in [7, 11) is 0. The summed E-state index contributed by atoms with van der Waals surface area (Å²) in [5.74, 6) is 2.17. The number of aromatic nitrogens is 3. The molecule has 3 rings (SSSR count). The standard InChI is InChI=1S/C15H20N4/c16-13(12-7-3-1-4-8-12)11-15-18-17-14-9-5-2-6-10-19(14)15/h1,3-4,7-8,13H,2,5-6,9-11,16H2. The molecule has 1 aromatic heterocycles. The first kappa shape index (κ1) is 12.4. The monoisotopic (exact) mass is 256 g/mol. The lowest BCUT2D eigenvalue weighted by atomic mass is 10.0. The van der Waals surface area contributed by atoms with E-state index in [-0.39, 0.29) is 6.04 Å². The van der Waals surface area contributed by atoms with Crippen LogP contribution < -0.4 is 5.73 Å². The van der Waals surface area contributed by atoms with Gasteiger partial charge < -0.3 is 10.3 Å². The van der Waals surface area contributed by atoms with Crippen molar-refractivity contribution in [2.45, 2.75) is 44.7 Å². The fourth-order valence-corrected chi connectivity index (χ4v) is 2.71. The Morgan fingerprint density at radius 1 is 1.11 bits per heavy atom. The topological polar surface area (TPSA) is 56.7 Å². The molecule has 0 bridgehead atoms. The summed E-state index contributed by atoms with van der Waals surface area (Å²) in [5, 5.41) is 8.66. The maximum absolute atomic E-state index is 6.28. The maximum Gasteiger partial charge on any atom is 0.134 e. The molecule has 0 amide bonds. The molecule has 1 aliphatic heterocycles. The molecule has 0 aliphatic carbocycles. The Hall–Kier alpha value is -1.68. The summed E-state index contributed by atoms with van der Waals surface area (Å²) >= 11 is 0. The molecule has 0 saturated heterocycles. The van der Waals surface area contributed by atoms with Crippen molar-refractivity contribution in [1.82, 2.24) is 14.8 Å². The highest BCUT2D eigenvalue weighted by Crippen LogP contribution is 2.19. The number of nitrogens with two attached hydrogens (primary N) is 1. The Morgan fingerprint density at radius 3 is 2.79 bits per heavy atom. The number of rotatable bonds is 3. The van der Waals surface area contributed by atoms with Crippen molar-refractivity contribution in [2.24, 2.45) is 5.73 Å². The molecule has 1 unspecified atom stereocenters. The van der Waals surface area contributed by atoms with E-state index >= 15 is 0 Å². The molecule has 2 N–H and O–H groups in total. The van der Waals surface area contributed by atoms with E-state index < -0.39 is 0 Å². The zero-order valence-electron chi connectivity index (χ0n) is 11.1. The van der Waals surface area contributed by atoms with Gasteiger partial charge in [0.1, 0.15) is 11.6 Å². The molecule has 2 aromatic rings. The van der Waals surface area contributed by atoms with Gasteiger partial charge in [0, 0.05) is 25.4 Å². The third kappa shape index (κ3) is 2.68. The molecule has 2 heterocycles. The van der Waals surface area contributed by atoms with Gasteiger partial charge in [-0.25, -0.2) is 0 Å². The van der Waals surface area contributed by atoms with E-state index in [4.69, 9.17) is 5.73 Å². The highest BCUT2D eigenvalue weighted by Gasteiger charge is 2.17. The van der Waals surface area contributed by atoms with Crippen molar-refractivity contribution in [3.05, 3.63) is 47.5 Å². The van der Waals surface area contributed by atoms with Crippen molar-refractivity contribution in [2.75, 3.05) is 0 Å². The zero-order chi connectivity index (χ0) is 13.1. The quantitative estimate of drug-likeness (QED) is 0.916. The minimum atomic E-state index is -0.00208. The fraction of sp³-hybridized carbons (Fsp3) is 0.467. The van der Waals surface area contributed by atoms with Crippen molar-refractivity contribution in [3.8, 4) is 0 Å². The second-order valence-corrected chi connectivity index (χ2v) is 5.22. The number of nitrogens with zero attached hydrogens (tertiary/aromatic N) is 3. The number of benzene rings is 1. The van der Waals surface area contributed by atoms with Crippen LogP contribution in [0.4, 0.5) is 0 Å². The molecule has 0 fully saturated rings. The Kier molecular flexibility index (Phi) is 3.60. The van der Waals surface area contributed by atoms with Gasteiger partial charge in [0.25, 0.3) is 0 Å². The van der Waals surface area contributed by atoms with Gasteiger partial charge in [-0.1, -0.05) is 36.8 Å². The number of hydrogen-bond acceptors (Lipinski definition) is 3. The summed E-state index contributed by atoms with van der Waals surface area (Å²) in [6.07, 6.45) is 5.54. The molecule has 4 nitrogen and oxygen atoms in total. The second-order valence-electron chi connectivity index (χ2n) is 5.22. The van der Waals surface area contributed by atoms with Gasteiger partial charge in [-0.15, -0.1) is 10.2 Å². The number of fused-ring (bicyclic) bond motifs is 1. The predicted octanol–water partition coefficient (Wildman–Crippen LogP) is 2.25. The van der Waals surface area contributed by atoms with Gasteiger partial charge in [-0.05, 0) is 18.4 Å². The summed E-state index contributed by atoms with van der Waals surface area (Å²) < 4.78 is 2.27. The lowest BCUT2D eigenvalue weighted by Gasteiger charge is -2.13. The van der Waals surface area contributed by atoms with Crippen LogP contribution in [0, 0.1) is 0 Å². The molecular weight excluding hydrogens is 236 g/mol. The molecule has 1 aromatic carbocycles. The minimum absolute atomic E-state index is 0.00208. The van der Waals surface area contributed by atoms with Gasteiger partial charge in [-0.3, -0.25) is 0 Å². The van der Waals surface area contributed by atoms with Crippen molar-refractivity contribution < 1.29 is 0 Å². The van der Waals surface area contributed by atoms with Gasteiger partial charge >= 0.3 is 0 Å². The molecule has 19 heavy (non-hydrogen) atoms. The van der Waals surface area contributed by atoms with Crippen LogP contribution in [0.25, 0.3) is 0 Å². The van der Waals surface area contributed by atoms with E-state index in [1.54, 1.807) is 0 Å². The van der Waals surface area contributed by atoms with Gasteiger partial charge in [-0.2, -0.15) is 0 Å². The van der Waals surface area contributed by atoms with Gasteiger partial charge in [0.2, 0.25) is 0 Å². The maximum atomic E-state index is 6.28. The third-order valence-electron chi connectivity index (χ3n) is 3.82. The summed E-state index contributed by atoms with van der Waals surface area (Å²) in [4.78, 5) is 0. The van der Waals surface area contributed by atoms with Crippen LogP contribution in [-0.4, -0.2) is 14.8 Å². The van der Waals surface area contributed by atoms with Crippen LogP contribution in [-0.2, 0) is 19.4 Å². The summed E-state index contributed by atoms with van der Waals surface area (Å²) in [5.41, 5.74) is 7.44. The van der Waals surface area contributed by atoms with Crippen molar-refractivity contribution >= 4 is 0 Å². The zero-order valence-corrected chi connectivity index (χ0v) is 11.1. The van der Waals surface area contributed by atoms with Crippen LogP contribution >= 0.6 is 0 Å². The molecule has 1 atom stereocenters.